The molecule has 0 atom stereocenters. The largest absolute Gasteiger partial charge is 0.324 e. The van der Waals surface area contributed by atoms with Crippen LogP contribution in [0.4, 0.5) is 0 Å². The maximum Gasteiger partial charge on any atom is 0.240 e. The van der Waals surface area contributed by atoms with Crippen molar-refractivity contribution < 1.29 is 16.8 Å². The zero-order valence-electron chi connectivity index (χ0n) is 12.0. The van der Waals surface area contributed by atoms with Crippen LogP contribution >= 0.6 is 0 Å². The summed E-state index contributed by atoms with van der Waals surface area (Å²) in [7, 11) is -7.26. The molecule has 0 amide bonds. The van der Waals surface area contributed by atoms with Crippen LogP contribution in [0.2, 0.25) is 0 Å². The predicted molar refractivity (Wildman–Crippen MR) is 77.7 cm³/mol. The Bertz CT molecular complexity index is 701. The van der Waals surface area contributed by atoms with E-state index in [0.29, 0.717) is 5.56 Å². The summed E-state index contributed by atoms with van der Waals surface area (Å²) in [5.41, 5.74) is 5.51. The van der Waals surface area contributed by atoms with Gasteiger partial charge in [0.25, 0.3) is 0 Å². The Hall–Kier alpha value is -0.960. The molecule has 114 valence electrons. The van der Waals surface area contributed by atoms with Crippen LogP contribution in [-0.4, -0.2) is 35.2 Å². The first-order chi connectivity index (χ1) is 8.83. The summed E-state index contributed by atoms with van der Waals surface area (Å²) in [5.74, 6) is 0. The molecule has 0 aliphatic carbocycles. The van der Waals surface area contributed by atoms with Gasteiger partial charge < -0.3 is 5.73 Å². The highest BCUT2D eigenvalue weighted by Crippen LogP contribution is 2.20. The first-order valence-electron chi connectivity index (χ1n) is 5.92. The summed E-state index contributed by atoms with van der Waals surface area (Å²) >= 11 is 0. The summed E-state index contributed by atoms with van der Waals surface area (Å²) in [4.78, 5) is -0.0832. The highest BCUT2D eigenvalue weighted by Gasteiger charge is 2.22. The van der Waals surface area contributed by atoms with Gasteiger partial charge in [-0.25, -0.2) is 21.6 Å². The number of sulfonamides is 1. The minimum Gasteiger partial charge on any atom is -0.324 e. The van der Waals surface area contributed by atoms with E-state index in [1.165, 1.54) is 12.1 Å². The van der Waals surface area contributed by atoms with Gasteiger partial charge in [0.2, 0.25) is 10.0 Å². The highest BCUT2D eigenvalue weighted by molar-refractivity contribution is 7.91. The zero-order valence-corrected chi connectivity index (χ0v) is 13.6. The van der Waals surface area contributed by atoms with Crippen LogP contribution in [-0.2, 0) is 19.9 Å². The molecule has 1 aromatic carbocycles. The van der Waals surface area contributed by atoms with E-state index in [1.54, 1.807) is 20.8 Å². The van der Waals surface area contributed by atoms with Gasteiger partial charge in [0, 0.05) is 18.3 Å². The van der Waals surface area contributed by atoms with Gasteiger partial charge in [-0.05, 0) is 38.5 Å². The molecular weight excluding hydrogens is 300 g/mol. The summed E-state index contributed by atoms with van der Waals surface area (Å²) in [6.07, 6.45) is 1.03. The third-order valence-electron chi connectivity index (χ3n) is 2.60. The number of benzene rings is 1. The van der Waals surface area contributed by atoms with Crippen LogP contribution in [0.3, 0.4) is 0 Å². The number of aryl methyl sites for hydroxylation is 1. The Kier molecular flexibility index (Phi) is 4.65. The Morgan fingerprint density at radius 3 is 2.20 bits per heavy atom. The average molecular weight is 320 g/mol. The van der Waals surface area contributed by atoms with Crippen LogP contribution < -0.4 is 10.5 Å². The minimum absolute atomic E-state index is 0.0320. The smallest absolute Gasteiger partial charge is 0.240 e. The van der Waals surface area contributed by atoms with Gasteiger partial charge in [-0.15, -0.1) is 0 Å². The second kappa shape index (κ2) is 5.44. The molecule has 0 radical (unpaired) electrons. The molecule has 1 rings (SSSR count). The van der Waals surface area contributed by atoms with Crippen LogP contribution in [0, 0.1) is 6.92 Å². The topological polar surface area (TPSA) is 106 Å². The van der Waals surface area contributed by atoms with E-state index >= 15 is 0 Å². The lowest BCUT2D eigenvalue weighted by atomic mass is 10.1. The molecule has 1 aromatic rings. The average Bonchev–Trinajstić information content (AvgIpc) is 2.24. The van der Waals surface area contributed by atoms with Gasteiger partial charge in [-0.2, -0.15) is 0 Å². The Morgan fingerprint density at radius 2 is 1.75 bits per heavy atom. The third-order valence-corrected chi connectivity index (χ3v) is 5.25. The Morgan fingerprint density at radius 1 is 1.20 bits per heavy atom. The molecular formula is C12H20N2O4S2. The molecule has 0 heterocycles. The van der Waals surface area contributed by atoms with E-state index in [9.17, 15) is 16.8 Å². The second-order valence-electron chi connectivity index (χ2n) is 5.51. The molecule has 0 spiro atoms. The SMILES string of the molecule is Cc1ccc(S(C)(=O)=O)cc1S(=O)(=O)NCC(C)(C)N. The lowest BCUT2D eigenvalue weighted by Crippen LogP contribution is -2.45. The Balaban J connectivity index is 3.25. The van der Waals surface area contributed by atoms with Crippen molar-refractivity contribution in [2.24, 2.45) is 5.73 Å². The van der Waals surface area contributed by atoms with Crippen molar-refractivity contribution in [3.8, 4) is 0 Å². The molecule has 0 saturated heterocycles. The van der Waals surface area contributed by atoms with Gasteiger partial charge in [-0.3, -0.25) is 0 Å². The quantitative estimate of drug-likeness (QED) is 0.817. The number of rotatable bonds is 5. The summed E-state index contributed by atoms with van der Waals surface area (Å²) in [5, 5.41) is 0. The first-order valence-corrected chi connectivity index (χ1v) is 9.30. The lowest BCUT2D eigenvalue weighted by molar-refractivity contribution is 0.497. The molecule has 20 heavy (non-hydrogen) atoms. The molecule has 0 saturated carbocycles. The predicted octanol–water partition coefficient (Wildman–Crippen LogP) is 0.414. The number of hydrogen-bond acceptors (Lipinski definition) is 5. The maximum absolute atomic E-state index is 12.2. The monoisotopic (exact) mass is 320 g/mol. The van der Waals surface area contributed by atoms with Gasteiger partial charge >= 0.3 is 0 Å². The van der Waals surface area contributed by atoms with E-state index in [-0.39, 0.29) is 16.3 Å². The second-order valence-corrected chi connectivity index (χ2v) is 9.26. The number of nitrogens with one attached hydrogen (secondary N) is 1. The van der Waals surface area contributed by atoms with Crippen LogP contribution in [0.25, 0.3) is 0 Å². The fourth-order valence-electron chi connectivity index (χ4n) is 1.46. The van der Waals surface area contributed by atoms with E-state index in [1.807, 2.05) is 0 Å². The fourth-order valence-corrected chi connectivity index (χ4v) is 3.67. The molecule has 0 aliphatic heterocycles. The number of sulfone groups is 1. The van der Waals surface area contributed by atoms with Crippen molar-refractivity contribution >= 4 is 19.9 Å². The maximum atomic E-state index is 12.2. The van der Waals surface area contributed by atoms with Crippen molar-refractivity contribution in [2.45, 2.75) is 36.1 Å². The molecule has 3 N–H and O–H groups in total. The van der Waals surface area contributed by atoms with Crippen LogP contribution in [0.15, 0.2) is 28.0 Å². The summed E-state index contributed by atoms with van der Waals surface area (Å²) in [6, 6.07) is 4.02. The van der Waals surface area contributed by atoms with Crippen LogP contribution in [0.1, 0.15) is 19.4 Å². The Labute approximate surface area is 120 Å². The van der Waals surface area contributed by atoms with E-state index in [2.05, 4.69) is 4.72 Å². The molecule has 0 aliphatic rings. The molecule has 0 aromatic heterocycles. The molecule has 6 nitrogen and oxygen atoms in total. The first kappa shape index (κ1) is 17.1. The molecule has 8 heteroatoms. The van der Waals surface area contributed by atoms with Gasteiger partial charge in [0.1, 0.15) is 0 Å². The van der Waals surface area contributed by atoms with Crippen molar-refractivity contribution in [1.29, 1.82) is 0 Å². The summed E-state index contributed by atoms with van der Waals surface area (Å²) in [6.45, 7) is 5.04. The number of nitrogens with two attached hydrogens (primary N) is 1. The lowest BCUT2D eigenvalue weighted by Gasteiger charge is -2.19. The van der Waals surface area contributed by atoms with Crippen LogP contribution in [0.5, 0.6) is 0 Å². The normalized spacial score (nSPS) is 13.4. The van der Waals surface area contributed by atoms with Gasteiger partial charge in [-0.1, -0.05) is 6.07 Å². The van der Waals surface area contributed by atoms with E-state index in [4.69, 9.17) is 5.73 Å². The van der Waals surface area contributed by atoms with Crippen molar-refractivity contribution in [3.63, 3.8) is 0 Å². The van der Waals surface area contributed by atoms with Gasteiger partial charge in [0.05, 0.1) is 9.79 Å². The van der Waals surface area contributed by atoms with Gasteiger partial charge in [0.15, 0.2) is 9.84 Å². The highest BCUT2D eigenvalue weighted by atomic mass is 32.2. The molecule has 0 bridgehead atoms. The van der Waals surface area contributed by atoms with Crippen molar-refractivity contribution in [1.82, 2.24) is 4.72 Å². The van der Waals surface area contributed by atoms with E-state index in [0.717, 1.165) is 12.3 Å². The van der Waals surface area contributed by atoms with Crippen molar-refractivity contribution in [3.05, 3.63) is 23.8 Å². The number of hydrogen-bond donors (Lipinski definition) is 2. The fraction of sp³-hybridized carbons (Fsp3) is 0.500. The molecule has 0 unspecified atom stereocenters. The molecule has 0 fully saturated rings. The van der Waals surface area contributed by atoms with E-state index < -0.39 is 25.4 Å². The zero-order chi connectivity index (χ0) is 15.8. The third kappa shape index (κ3) is 4.55. The standard InChI is InChI=1S/C12H20N2O4S2/c1-9-5-6-10(19(4,15)16)7-11(9)20(17,18)14-8-12(2,3)13/h5-7,14H,8,13H2,1-4H3. The van der Waals surface area contributed by atoms with Crippen molar-refractivity contribution in [2.75, 3.05) is 12.8 Å². The summed E-state index contributed by atoms with van der Waals surface area (Å²) < 4.78 is 49.8. The minimum atomic E-state index is -3.80.